The number of nitrogens with one attached hydrogen (secondary N) is 2. The average Bonchev–Trinajstić information content (AvgIpc) is 3.01. The van der Waals surface area contributed by atoms with E-state index < -0.39 is 0 Å². The van der Waals surface area contributed by atoms with E-state index in [-0.39, 0.29) is 0 Å². The summed E-state index contributed by atoms with van der Waals surface area (Å²) < 4.78 is 0. The highest BCUT2D eigenvalue weighted by atomic mass is 15.1. The van der Waals surface area contributed by atoms with E-state index in [9.17, 15) is 0 Å². The summed E-state index contributed by atoms with van der Waals surface area (Å²) in [5, 5.41) is 11.1. The number of aromatic amines is 1. The van der Waals surface area contributed by atoms with E-state index in [0.717, 1.165) is 12.5 Å². The second-order valence-electron chi connectivity index (χ2n) is 5.22. The lowest BCUT2D eigenvalue weighted by atomic mass is 9.83. The molecule has 2 aliphatic rings. The minimum absolute atomic E-state index is 0.541. The third kappa shape index (κ3) is 1.88. The minimum atomic E-state index is 0.541. The average molecular weight is 219 g/mol. The Hall–Kier alpha value is -0.830. The van der Waals surface area contributed by atoms with Gasteiger partial charge >= 0.3 is 0 Å². The van der Waals surface area contributed by atoms with E-state index in [1.807, 2.05) is 0 Å². The Morgan fingerprint density at radius 1 is 1.06 bits per heavy atom. The van der Waals surface area contributed by atoms with Crippen molar-refractivity contribution in [3.63, 3.8) is 0 Å². The molecule has 0 bridgehead atoms. The molecule has 3 rings (SSSR count). The van der Waals surface area contributed by atoms with E-state index >= 15 is 0 Å². The largest absolute Gasteiger partial charge is 0.309 e. The number of rotatable bonds is 2. The first kappa shape index (κ1) is 10.3. The molecule has 0 amide bonds. The number of H-pyrrole nitrogens is 1. The lowest BCUT2D eigenvalue weighted by Gasteiger charge is -2.23. The lowest BCUT2D eigenvalue weighted by Crippen LogP contribution is -2.16. The molecule has 1 saturated carbocycles. The fraction of sp³-hybridized carbons (Fsp3) is 0.769. The number of hydrogen-bond donors (Lipinski definition) is 2. The van der Waals surface area contributed by atoms with Gasteiger partial charge in [0.25, 0.3) is 0 Å². The van der Waals surface area contributed by atoms with Crippen molar-refractivity contribution in [1.29, 1.82) is 0 Å². The molecule has 88 valence electrons. The van der Waals surface area contributed by atoms with Gasteiger partial charge in [-0.05, 0) is 43.7 Å². The summed E-state index contributed by atoms with van der Waals surface area (Å²) in [5.41, 5.74) is 2.88. The van der Waals surface area contributed by atoms with Gasteiger partial charge in [0, 0.05) is 6.04 Å². The molecule has 1 atom stereocenters. The molecule has 1 aliphatic carbocycles. The molecule has 1 saturated heterocycles. The Balaban J connectivity index is 1.80. The van der Waals surface area contributed by atoms with Gasteiger partial charge in [-0.3, -0.25) is 5.10 Å². The first-order valence-electron chi connectivity index (χ1n) is 6.71. The van der Waals surface area contributed by atoms with E-state index in [1.165, 1.54) is 56.2 Å². The third-order valence-electron chi connectivity index (χ3n) is 4.15. The molecular formula is C13H21N3. The highest BCUT2D eigenvalue weighted by Gasteiger charge is 2.25. The zero-order valence-electron chi connectivity index (χ0n) is 9.84. The van der Waals surface area contributed by atoms with Crippen molar-refractivity contribution in [2.45, 2.75) is 56.9 Å². The van der Waals surface area contributed by atoms with Crippen LogP contribution in [0.1, 0.15) is 68.2 Å². The van der Waals surface area contributed by atoms with Crippen LogP contribution in [0.5, 0.6) is 0 Å². The van der Waals surface area contributed by atoms with Gasteiger partial charge in [-0.1, -0.05) is 19.3 Å². The Morgan fingerprint density at radius 3 is 2.69 bits per heavy atom. The highest BCUT2D eigenvalue weighted by molar-refractivity contribution is 5.25. The second kappa shape index (κ2) is 4.58. The Kier molecular flexibility index (Phi) is 2.96. The summed E-state index contributed by atoms with van der Waals surface area (Å²) in [4.78, 5) is 0. The van der Waals surface area contributed by atoms with Crippen LogP contribution in [0.15, 0.2) is 6.20 Å². The fourth-order valence-electron chi connectivity index (χ4n) is 3.25. The molecule has 0 radical (unpaired) electrons. The fourth-order valence-corrected chi connectivity index (χ4v) is 3.25. The molecule has 1 aliphatic heterocycles. The monoisotopic (exact) mass is 219 g/mol. The Bertz CT molecular complexity index is 333. The van der Waals surface area contributed by atoms with Crippen molar-refractivity contribution in [1.82, 2.24) is 15.5 Å². The number of aromatic nitrogens is 2. The van der Waals surface area contributed by atoms with Crippen molar-refractivity contribution in [3.8, 4) is 0 Å². The van der Waals surface area contributed by atoms with Crippen molar-refractivity contribution < 1.29 is 0 Å². The van der Waals surface area contributed by atoms with Gasteiger partial charge in [-0.15, -0.1) is 0 Å². The van der Waals surface area contributed by atoms with Crippen LogP contribution in [0, 0.1) is 0 Å². The molecule has 3 heteroatoms. The maximum Gasteiger partial charge on any atom is 0.0556 e. The van der Waals surface area contributed by atoms with Crippen LogP contribution in [-0.2, 0) is 0 Å². The SMILES string of the molecule is c1n[nH]c(C2CCCN2)c1C1CCCCC1. The molecule has 1 aromatic heterocycles. The van der Waals surface area contributed by atoms with Crippen LogP contribution in [0.2, 0.25) is 0 Å². The second-order valence-corrected chi connectivity index (χ2v) is 5.22. The maximum absolute atomic E-state index is 4.28. The summed E-state index contributed by atoms with van der Waals surface area (Å²) in [5.74, 6) is 0.768. The minimum Gasteiger partial charge on any atom is -0.309 e. The van der Waals surface area contributed by atoms with Gasteiger partial charge < -0.3 is 5.32 Å². The molecule has 0 aromatic carbocycles. The van der Waals surface area contributed by atoms with E-state index in [2.05, 4.69) is 21.7 Å². The van der Waals surface area contributed by atoms with Gasteiger partial charge in [0.1, 0.15) is 0 Å². The Morgan fingerprint density at radius 2 is 1.94 bits per heavy atom. The summed E-state index contributed by atoms with van der Waals surface area (Å²) in [6.07, 6.45) is 11.6. The van der Waals surface area contributed by atoms with Crippen molar-refractivity contribution in [2.24, 2.45) is 0 Å². The van der Waals surface area contributed by atoms with E-state index in [4.69, 9.17) is 0 Å². The first-order chi connectivity index (χ1) is 7.95. The predicted molar refractivity (Wildman–Crippen MR) is 64.4 cm³/mol. The third-order valence-corrected chi connectivity index (χ3v) is 4.15. The van der Waals surface area contributed by atoms with Crippen LogP contribution >= 0.6 is 0 Å². The van der Waals surface area contributed by atoms with Crippen molar-refractivity contribution in [3.05, 3.63) is 17.5 Å². The van der Waals surface area contributed by atoms with Crippen LogP contribution < -0.4 is 5.32 Å². The van der Waals surface area contributed by atoms with Crippen LogP contribution in [0.4, 0.5) is 0 Å². The first-order valence-corrected chi connectivity index (χ1v) is 6.71. The van der Waals surface area contributed by atoms with Gasteiger partial charge in [0.05, 0.1) is 11.9 Å². The summed E-state index contributed by atoms with van der Waals surface area (Å²) in [6, 6.07) is 0.541. The van der Waals surface area contributed by atoms with Gasteiger partial charge in [0.2, 0.25) is 0 Å². The Labute approximate surface area is 97.0 Å². The molecule has 2 heterocycles. The van der Waals surface area contributed by atoms with Gasteiger partial charge in [0.15, 0.2) is 0 Å². The molecule has 3 nitrogen and oxygen atoms in total. The van der Waals surface area contributed by atoms with Crippen molar-refractivity contribution >= 4 is 0 Å². The number of nitrogens with zero attached hydrogens (tertiary/aromatic N) is 1. The molecule has 1 aromatic rings. The van der Waals surface area contributed by atoms with E-state index in [0.29, 0.717) is 6.04 Å². The molecule has 2 N–H and O–H groups in total. The maximum atomic E-state index is 4.28. The highest BCUT2D eigenvalue weighted by Crippen LogP contribution is 2.36. The van der Waals surface area contributed by atoms with Gasteiger partial charge in [-0.2, -0.15) is 5.10 Å². The van der Waals surface area contributed by atoms with Crippen LogP contribution in [-0.4, -0.2) is 16.7 Å². The zero-order chi connectivity index (χ0) is 10.8. The smallest absolute Gasteiger partial charge is 0.0556 e. The zero-order valence-corrected chi connectivity index (χ0v) is 9.84. The predicted octanol–water partition coefficient (Wildman–Crippen LogP) is 2.88. The summed E-state index contributed by atoms with van der Waals surface area (Å²) in [6.45, 7) is 1.16. The van der Waals surface area contributed by atoms with Crippen LogP contribution in [0.3, 0.4) is 0 Å². The summed E-state index contributed by atoms with van der Waals surface area (Å²) >= 11 is 0. The van der Waals surface area contributed by atoms with Crippen molar-refractivity contribution in [2.75, 3.05) is 6.54 Å². The molecule has 2 fully saturated rings. The molecule has 16 heavy (non-hydrogen) atoms. The lowest BCUT2D eigenvalue weighted by molar-refractivity contribution is 0.438. The molecule has 1 unspecified atom stereocenters. The number of hydrogen-bond acceptors (Lipinski definition) is 2. The topological polar surface area (TPSA) is 40.7 Å². The standard InChI is InChI=1S/C13H21N3/c1-2-5-10(6-3-1)11-9-15-16-13(11)12-7-4-8-14-12/h9-10,12,14H,1-8H2,(H,15,16). The molecular weight excluding hydrogens is 198 g/mol. The molecule has 0 spiro atoms. The summed E-state index contributed by atoms with van der Waals surface area (Å²) in [7, 11) is 0. The quantitative estimate of drug-likeness (QED) is 0.803. The van der Waals surface area contributed by atoms with E-state index in [1.54, 1.807) is 0 Å². The normalized spacial score (nSPS) is 27.4. The van der Waals surface area contributed by atoms with Gasteiger partial charge in [-0.25, -0.2) is 0 Å². The van der Waals surface area contributed by atoms with Crippen LogP contribution in [0.25, 0.3) is 0 Å².